The largest absolute Gasteiger partial charge is 0.497 e. The molecule has 0 spiro atoms. The third kappa shape index (κ3) is 5.83. The van der Waals surface area contributed by atoms with E-state index in [0.29, 0.717) is 25.6 Å². The lowest BCUT2D eigenvalue weighted by atomic mass is 10.1. The van der Waals surface area contributed by atoms with E-state index in [1.807, 2.05) is 85.8 Å². The molecule has 0 atom stereocenters. The zero-order valence-corrected chi connectivity index (χ0v) is 19.3. The van der Waals surface area contributed by atoms with Gasteiger partial charge in [-0.1, -0.05) is 36.4 Å². The van der Waals surface area contributed by atoms with Crippen LogP contribution in [0.2, 0.25) is 0 Å². The molecule has 1 aromatic heterocycles. The van der Waals surface area contributed by atoms with Gasteiger partial charge in [-0.15, -0.1) is 0 Å². The van der Waals surface area contributed by atoms with E-state index >= 15 is 0 Å². The molecule has 0 unspecified atom stereocenters. The van der Waals surface area contributed by atoms with Crippen molar-refractivity contribution in [3.63, 3.8) is 0 Å². The fourth-order valence-corrected chi connectivity index (χ4v) is 3.65. The average molecular weight is 455 g/mol. The van der Waals surface area contributed by atoms with Crippen LogP contribution in [0, 0.1) is 18.3 Å². The number of aromatic nitrogens is 1. The number of aryl methyl sites for hydroxylation is 1. The molecule has 6 nitrogen and oxygen atoms in total. The normalized spacial score (nSPS) is 10.6. The minimum absolute atomic E-state index is 0.00490. The smallest absolute Gasteiger partial charge is 0.174 e. The first kappa shape index (κ1) is 23.1. The zero-order chi connectivity index (χ0) is 23.8. The molecule has 0 radical (unpaired) electrons. The number of hydrogen-bond acceptors (Lipinski definition) is 6. The number of methoxy groups -OCH3 is 1. The Morgan fingerprint density at radius 1 is 0.853 bits per heavy atom. The Bertz CT molecular complexity index is 1310. The van der Waals surface area contributed by atoms with E-state index in [1.54, 1.807) is 7.11 Å². The number of nitriles is 1. The first-order chi connectivity index (χ1) is 16.7. The summed E-state index contributed by atoms with van der Waals surface area (Å²) in [6, 6.07) is 25.5. The number of hydrogen-bond donors (Lipinski definition) is 0. The predicted molar refractivity (Wildman–Crippen MR) is 130 cm³/mol. The highest BCUT2D eigenvalue weighted by atomic mass is 16.5. The molecule has 0 aliphatic heterocycles. The van der Waals surface area contributed by atoms with E-state index in [0.717, 1.165) is 44.8 Å². The van der Waals surface area contributed by atoms with Crippen LogP contribution in [0.3, 0.4) is 0 Å². The standard InChI is InChI=1S/C28H26N2O4/c1-20-5-3-7-23(28(20)33-14-13-29)18-34-26-8-4-6-21(15-26)17-32-19-24-10-9-22-16-25(31-2)11-12-27(22)30-24/h3-12,15-16H,14,17-19H2,1-2H3. The lowest BCUT2D eigenvalue weighted by Crippen LogP contribution is -2.03. The van der Waals surface area contributed by atoms with Gasteiger partial charge in [0.1, 0.15) is 29.9 Å². The quantitative estimate of drug-likeness (QED) is 0.304. The Morgan fingerprint density at radius 2 is 1.74 bits per heavy atom. The number of pyridine rings is 1. The maximum atomic E-state index is 8.83. The lowest BCUT2D eigenvalue weighted by molar-refractivity contribution is 0.104. The fraction of sp³-hybridized carbons (Fsp3) is 0.214. The number of fused-ring (bicyclic) bond motifs is 1. The van der Waals surface area contributed by atoms with Crippen molar-refractivity contribution in [2.75, 3.05) is 13.7 Å². The van der Waals surface area contributed by atoms with Crippen molar-refractivity contribution in [2.45, 2.75) is 26.7 Å². The molecule has 0 bridgehead atoms. The molecule has 0 aliphatic carbocycles. The summed E-state index contributed by atoms with van der Waals surface area (Å²) in [5.41, 5.74) is 4.66. The average Bonchev–Trinajstić information content (AvgIpc) is 2.87. The first-order valence-electron chi connectivity index (χ1n) is 11.0. The monoisotopic (exact) mass is 454 g/mol. The van der Waals surface area contributed by atoms with Crippen LogP contribution in [-0.2, 0) is 24.6 Å². The highest BCUT2D eigenvalue weighted by Crippen LogP contribution is 2.26. The molecule has 0 saturated heterocycles. The van der Waals surface area contributed by atoms with Crippen LogP contribution in [0.4, 0.5) is 0 Å². The van der Waals surface area contributed by atoms with E-state index in [1.165, 1.54) is 0 Å². The summed E-state index contributed by atoms with van der Waals surface area (Å²) in [5.74, 6) is 2.25. The van der Waals surface area contributed by atoms with Gasteiger partial charge in [0.05, 0.1) is 31.5 Å². The molecule has 34 heavy (non-hydrogen) atoms. The highest BCUT2D eigenvalue weighted by Gasteiger charge is 2.08. The molecule has 0 N–H and O–H groups in total. The SMILES string of the molecule is COc1ccc2nc(COCc3cccc(OCc4cccc(C)c4OCC#N)c3)ccc2c1. The van der Waals surface area contributed by atoms with Crippen LogP contribution in [0.5, 0.6) is 17.2 Å². The van der Waals surface area contributed by atoms with Crippen LogP contribution in [0.25, 0.3) is 10.9 Å². The van der Waals surface area contributed by atoms with Crippen molar-refractivity contribution in [1.82, 2.24) is 4.98 Å². The Hall–Kier alpha value is -4.08. The molecule has 1 heterocycles. The Labute approximate surface area is 199 Å². The van der Waals surface area contributed by atoms with Gasteiger partial charge >= 0.3 is 0 Å². The molecule has 172 valence electrons. The van der Waals surface area contributed by atoms with Crippen LogP contribution in [0.1, 0.15) is 22.4 Å². The number of para-hydroxylation sites is 1. The number of nitrogens with zero attached hydrogens (tertiary/aromatic N) is 2. The highest BCUT2D eigenvalue weighted by molar-refractivity contribution is 5.80. The third-order valence-electron chi connectivity index (χ3n) is 5.34. The summed E-state index contributed by atoms with van der Waals surface area (Å²) < 4.78 is 22.8. The van der Waals surface area contributed by atoms with Gasteiger partial charge in [-0.2, -0.15) is 5.26 Å². The van der Waals surface area contributed by atoms with Gasteiger partial charge in [0.25, 0.3) is 0 Å². The second kappa shape index (κ2) is 11.2. The molecule has 0 amide bonds. The molecular formula is C28H26N2O4. The summed E-state index contributed by atoms with van der Waals surface area (Å²) in [6.45, 7) is 3.16. The fourth-order valence-electron chi connectivity index (χ4n) is 3.65. The van der Waals surface area contributed by atoms with Gasteiger partial charge in [-0.3, -0.25) is 4.98 Å². The van der Waals surface area contributed by atoms with E-state index in [4.69, 9.17) is 24.2 Å². The molecule has 4 rings (SSSR count). The molecule has 3 aromatic carbocycles. The maximum absolute atomic E-state index is 8.83. The van der Waals surface area contributed by atoms with Crippen LogP contribution >= 0.6 is 0 Å². The third-order valence-corrected chi connectivity index (χ3v) is 5.34. The number of rotatable bonds is 10. The van der Waals surface area contributed by atoms with Crippen molar-refractivity contribution >= 4 is 10.9 Å². The second-order valence-electron chi connectivity index (χ2n) is 7.80. The van der Waals surface area contributed by atoms with Gasteiger partial charge in [0.15, 0.2) is 6.61 Å². The predicted octanol–water partition coefficient (Wildman–Crippen LogP) is 5.75. The molecule has 6 heteroatoms. The van der Waals surface area contributed by atoms with Crippen LogP contribution < -0.4 is 14.2 Å². The van der Waals surface area contributed by atoms with E-state index in [9.17, 15) is 0 Å². The van der Waals surface area contributed by atoms with Gasteiger partial charge in [-0.25, -0.2) is 0 Å². The second-order valence-corrected chi connectivity index (χ2v) is 7.80. The summed E-state index contributed by atoms with van der Waals surface area (Å²) in [5, 5.41) is 9.86. The number of ether oxygens (including phenoxy) is 4. The van der Waals surface area contributed by atoms with Crippen LogP contribution in [-0.4, -0.2) is 18.7 Å². The zero-order valence-electron chi connectivity index (χ0n) is 19.3. The number of benzene rings is 3. The van der Waals surface area contributed by atoms with Gasteiger partial charge in [0.2, 0.25) is 0 Å². The van der Waals surface area contributed by atoms with Crippen molar-refractivity contribution in [3.05, 3.63) is 95.2 Å². The molecule has 0 aliphatic rings. The van der Waals surface area contributed by atoms with Crippen LogP contribution in [0.15, 0.2) is 72.8 Å². The molecule has 0 saturated carbocycles. The molecule has 4 aromatic rings. The Balaban J connectivity index is 1.34. The van der Waals surface area contributed by atoms with E-state index in [2.05, 4.69) is 4.98 Å². The molecular weight excluding hydrogens is 428 g/mol. The van der Waals surface area contributed by atoms with Gasteiger partial charge < -0.3 is 18.9 Å². The lowest BCUT2D eigenvalue weighted by Gasteiger charge is -2.14. The minimum atomic E-state index is 0.00490. The van der Waals surface area contributed by atoms with Gasteiger partial charge in [0, 0.05) is 10.9 Å². The van der Waals surface area contributed by atoms with E-state index in [-0.39, 0.29) is 6.61 Å². The molecule has 0 fully saturated rings. The summed E-state index contributed by atoms with van der Waals surface area (Å²) in [6.07, 6.45) is 0. The van der Waals surface area contributed by atoms with Gasteiger partial charge in [-0.05, 0) is 54.4 Å². The Morgan fingerprint density at radius 3 is 2.59 bits per heavy atom. The minimum Gasteiger partial charge on any atom is -0.497 e. The topological polar surface area (TPSA) is 73.6 Å². The summed E-state index contributed by atoms with van der Waals surface area (Å²) >= 11 is 0. The van der Waals surface area contributed by atoms with Crippen molar-refractivity contribution in [1.29, 1.82) is 5.26 Å². The van der Waals surface area contributed by atoms with Crippen molar-refractivity contribution < 1.29 is 18.9 Å². The van der Waals surface area contributed by atoms with Crippen molar-refractivity contribution in [3.8, 4) is 23.3 Å². The van der Waals surface area contributed by atoms with Crippen molar-refractivity contribution in [2.24, 2.45) is 0 Å². The summed E-state index contributed by atoms with van der Waals surface area (Å²) in [4.78, 5) is 4.66. The summed E-state index contributed by atoms with van der Waals surface area (Å²) in [7, 11) is 1.65. The maximum Gasteiger partial charge on any atom is 0.174 e. The Kier molecular flexibility index (Phi) is 7.59. The first-order valence-corrected chi connectivity index (χ1v) is 11.0. The van der Waals surface area contributed by atoms with E-state index < -0.39 is 0 Å².